The number of amides is 3. The van der Waals surface area contributed by atoms with Crippen molar-refractivity contribution in [2.24, 2.45) is 22.7 Å². The van der Waals surface area contributed by atoms with Gasteiger partial charge in [0.2, 0.25) is 17.7 Å². The largest absolute Gasteiger partial charge is 0.508 e. The Kier molecular flexibility index (Phi) is 16.8. The number of hydrogen-bond acceptors (Lipinski definition) is 10. The summed E-state index contributed by atoms with van der Waals surface area (Å²) in [5, 5.41) is 14.0. The normalized spacial score (nSPS) is 18.8. The molecule has 2 atom stereocenters. The van der Waals surface area contributed by atoms with Crippen LogP contribution in [0.3, 0.4) is 0 Å². The second kappa shape index (κ2) is 22.6. The molecule has 3 saturated heterocycles. The molecule has 5 aromatic rings. The molecule has 12 nitrogen and oxygen atoms in total. The van der Waals surface area contributed by atoms with Crippen molar-refractivity contribution in [3.05, 3.63) is 71.4 Å². The number of ether oxygens (including phenoxy) is 1. The molecule has 9 rings (SSSR count). The van der Waals surface area contributed by atoms with E-state index in [-0.39, 0.29) is 57.7 Å². The number of nitrogens with one attached hydrogen (secondary N) is 1. The van der Waals surface area contributed by atoms with Crippen molar-refractivity contribution in [1.82, 2.24) is 20.3 Å². The number of pyridine rings is 1. The van der Waals surface area contributed by atoms with Gasteiger partial charge < -0.3 is 19.6 Å². The Morgan fingerprint density at radius 1 is 1.01 bits per heavy atom. The number of nitrogens with zero attached hydrogens (tertiary/aromatic N) is 6. The number of anilines is 3. The summed E-state index contributed by atoms with van der Waals surface area (Å²) in [4.78, 5) is 56.0. The fourth-order valence-electron chi connectivity index (χ4n) is 10.3. The van der Waals surface area contributed by atoms with Crippen LogP contribution in [0.2, 0.25) is 0 Å². The number of fused-ring (bicyclic) bond motifs is 2. The molecule has 2 aromatic heterocycles. The van der Waals surface area contributed by atoms with Crippen LogP contribution in [-0.4, -0.2) is 76.6 Å². The third-order valence-corrected chi connectivity index (χ3v) is 14.8. The van der Waals surface area contributed by atoms with Gasteiger partial charge in [-0.3, -0.25) is 29.6 Å². The first-order chi connectivity index (χ1) is 34.3. The van der Waals surface area contributed by atoms with Gasteiger partial charge in [-0.05, 0) is 117 Å². The lowest BCUT2D eigenvalue weighted by molar-refractivity contribution is -0.135. The zero-order chi connectivity index (χ0) is 52.1. The molecule has 1 saturated carbocycles. The highest BCUT2D eigenvalue weighted by Crippen LogP contribution is 2.49. The maximum absolute atomic E-state index is 16.5. The highest BCUT2D eigenvalue weighted by Gasteiger charge is 2.43. The summed E-state index contributed by atoms with van der Waals surface area (Å²) in [5.41, 5.74) is 3.58. The molecule has 2 N–H and O–H groups in total. The number of piperidine rings is 2. The van der Waals surface area contributed by atoms with Crippen LogP contribution in [0, 0.1) is 53.6 Å². The lowest BCUT2D eigenvalue weighted by Gasteiger charge is -2.52. The molecule has 5 heterocycles. The average Bonchev–Trinajstić information content (AvgIpc) is 4.12. The van der Waals surface area contributed by atoms with Crippen LogP contribution in [0.1, 0.15) is 137 Å². The molecule has 4 fully saturated rings. The van der Waals surface area contributed by atoms with Crippen LogP contribution >= 0.6 is 0 Å². The van der Waals surface area contributed by atoms with E-state index in [0.717, 1.165) is 75.5 Å². The summed E-state index contributed by atoms with van der Waals surface area (Å²) in [6, 6.07) is 11.1. The van der Waals surface area contributed by atoms with Gasteiger partial charge in [0.05, 0.1) is 17.6 Å². The number of carbonyl (C=O) groups is 3. The van der Waals surface area contributed by atoms with Crippen LogP contribution < -0.4 is 24.8 Å². The number of imide groups is 1. The lowest BCUT2D eigenvalue weighted by atomic mass is 9.73. The average molecular weight is 986 g/mol. The van der Waals surface area contributed by atoms with Crippen molar-refractivity contribution in [3.8, 4) is 35.4 Å². The first-order valence-corrected chi connectivity index (χ1v) is 26.0. The topological polar surface area (TPSA) is 141 Å². The fraction of sp³-hybridized carbons (Fsp3) is 0.517. The van der Waals surface area contributed by atoms with Gasteiger partial charge in [-0.2, -0.15) is 9.97 Å². The van der Waals surface area contributed by atoms with Crippen molar-refractivity contribution < 1.29 is 33.0 Å². The summed E-state index contributed by atoms with van der Waals surface area (Å²) in [6.45, 7) is 23.0. The number of benzene rings is 3. The summed E-state index contributed by atoms with van der Waals surface area (Å²) in [5.74, 6) is 1.98. The van der Waals surface area contributed by atoms with E-state index in [9.17, 15) is 23.9 Å². The van der Waals surface area contributed by atoms with E-state index < -0.39 is 23.6 Å². The SMILES string of the molecule is C#Cc1c(F)ccc2cc(O)cc(-c3ncc4c(N5CCCC(C)C5)nc(OCC5(CC)CC5)nc4c3F)c12.CC(C)C.CCCCC1(CC)CN(c2ccc(N(C(C)=O)C3CCC(=O)NC3=O)c(C)c2)C1. The van der Waals surface area contributed by atoms with Crippen molar-refractivity contribution in [3.63, 3.8) is 0 Å². The van der Waals surface area contributed by atoms with Gasteiger partial charge in [0.25, 0.3) is 0 Å². The number of carbonyl (C=O) groups excluding carboxylic acids is 3. The van der Waals surface area contributed by atoms with Crippen molar-refractivity contribution >= 4 is 56.6 Å². The molecular weight excluding hydrogens is 913 g/mol. The van der Waals surface area contributed by atoms with Crippen LogP contribution in [0.15, 0.2) is 48.7 Å². The minimum Gasteiger partial charge on any atom is -0.508 e. The molecule has 0 radical (unpaired) electrons. The number of phenolic OH excluding ortho intramolecular Hbond substituents is 1. The van der Waals surface area contributed by atoms with Crippen LogP contribution in [-0.2, 0) is 14.4 Å². The molecular formula is C58H73F2N7O5. The van der Waals surface area contributed by atoms with E-state index >= 15 is 4.39 Å². The lowest BCUT2D eigenvalue weighted by Crippen LogP contribution is -2.56. The molecule has 3 amide bonds. The summed E-state index contributed by atoms with van der Waals surface area (Å²) < 4.78 is 37.2. The number of phenols is 1. The third kappa shape index (κ3) is 11.8. The van der Waals surface area contributed by atoms with Crippen LogP contribution in [0.4, 0.5) is 26.0 Å². The van der Waals surface area contributed by atoms with Gasteiger partial charge in [-0.25, -0.2) is 8.78 Å². The van der Waals surface area contributed by atoms with Crippen molar-refractivity contribution in [2.45, 2.75) is 139 Å². The van der Waals surface area contributed by atoms with Crippen molar-refractivity contribution in [1.29, 1.82) is 0 Å². The maximum Gasteiger partial charge on any atom is 0.319 e. The third-order valence-electron chi connectivity index (χ3n) is 14.8. The number of unbranched alkanes of at least 4 members (excludes halogenated alkanes) is 1. The molecule has 384 valence electrons. The Morgan fingerprint density at radius 3 is 2.35 bits per heavy atom. The Morgan fingerprint density at radius 2 is 1.74 bits per heavy atom. The number of aromatic nitrogens is 3. The molecule has 2 unspecified atom stereocenters. The number of rotatable bonds is 13. The number of terminal acetylenes is 1. The summed E-state index contributed by atoms with van der Waals surface area (Å²) in [6.07, 6.45) is 18.1. The highest BCUT2D eigenvalue weighted by atomic mass is 19.1. The Balaban J connectivity index is 0.000000205. The molecule has 14 heteroatoms. The molecule has 0 bridgehead atoms. The molecule has 72 heavy (non-hydrogen) atoms. The monoisotopic (exact) mass is 986 g/mol. The van der Waals surface area contributed by atoms with E-state index in [1.165, 1.54) is 67.5 Å². The Bertz CT molecular complexity index is 2850. The molecule has 0 spiro atoms. The summed E-state index contributed by atoms with van der Waals surface area (Å²) >= 11 is 0. The zero-order valence-electron chi connectivity index (χ0n) is 43.8. The van der Waals surface area contributed by atoms with Gasteiger partial charge >= 0.3 is 6.01 Å². The number of aryl methyl sites for hydroxylation is 1. The Hall–Kier alpha value is -6.36. The van der Waals surface area contributed by atoms with Gasteiger partial charge in [0.1, 0.15) is 34.6 Å². The second-order valence-electron chi connectivity index (χ2n) is 21.4. The molecule has 3 aromatic carbocycles. The minimum absolute atomic E-state index is 0.0206. The Labute approximate surface area is 424 Å². The first kappa shape index (κ1) is 53.4. The van der Waals surface area contributed by atoms with Crippen molar-refractivity contribution in [2.75, 3.05) is 47.5 Å². The predicted octanol–water partition coefficient (Wildman–Crippen LogP) is 11.8. The van der Waals surface area contributed by atoms with E-state index in [1.54, 1.807) is 6.20 Å². The van der Waals surface area contributed by atoms with E-state index in [1.807, 2.05) is 19.1 Å². The number of halogens is 2. The standard InChI is InChI=1S/C31H30F2N4O2.C23H33N3O3.C4H10/c1-4-21-24(32)9-8-19-13-20(38)14-22(25(19)21)27-26(33)28-23(15-34-27)29(37-12-6-7-18(3)16-37)36-30(35-28)39-17-31(5-2)10-11-31;1-5-7-12-23(6-2)14-25(15-23)18-8-9-19(16(3)13-18)26(17(4)27)20-10-11-21(28)24-22(20)29;1-4(2)3/h1,8-9,13-15,18,38H,5-7,10-12,16-17H2,2-3H3;8-9,13,20H,5-7,10-12,14-15H2,1-4H3,(H,24,28,29);4H,1-3H3. The van der Waals surface area contributed by atoms with Gasteiger partial charge in [-0.15, -0.1) is 6.42 Å². The van der Waals surface area contributed by atoms with E-state index in [4.69, 9.17) is 16.1 Å². The number of aromatic hydroxyl groups is 1. The molecule has 1 aliphatic carbocycles. The number of hydrogen-bond donors (Lipinski definition) is 2. The first-order valence-electron chi connectivity index (χ1n) is 26.0. The summed E-state index contributed by atoms with van der Waals surface area (Å²) in [7, 11) is 0. The maximum atomic E-state index is 16.5. The smallest absolute Gasteiger partial charge is 0.319 e. The van der Waals surface area contributed by atoms with E-state index in [0.29, 0.717) is 46.3 Å². The molecule has 3 aliphatic heterocycles. The quantitative estimate of drug-likeness (QED) is 0.0865. The highest BCUT2D eigenvalue weighted by molar-refractivity contribution is 6.07. The minimum atomic E-state index is -0.707. The second-order valence-corrected chi connectivity index (χ2v) is 21.4. The van der Waals surface area contributed by atoms with Gasteiger partial charge in [0.15, 0.2) is 5.82 Å². The molecule has 4 aliphatic rings. The van der Waals surface area contributed by atoms with Crippen LogP contribution in [0.5, 0.6) is 11.8 Å². The fourth-order valence-corrected chi connectivity index (χ4v) is 10.3. The van der Waals surface area contributed by atoms with Gasteiger partial charge in [-0.1, -0.05) is 73.3 Å². The van der Waals surface area contributed by atoms with Crippen LogP contribution in [0.25, 0.3) is 32.9 Å². The van der Waals surface area contributed by atoms with Gasteiger partial charge in [0, 0.05) is 78.9 Å². The van der Waals surface area contributed by atoms with E-state index in [2.05, 4.69) is 85.5 Å². The predicted molar refractivity (Wildman–Crippen MR) is 283 cm³/mol. The zero-order valence-corrected chi connectivity index (χ0v) is 43.8.